The Morgan fingerprint density at radius 2 is 2.00 bits per heavy atom. The number of hydrogen-bond donors (Lipinski definition) is 1. The summed E-state index contributed by atoms with van der Waals surface area (Å²) in [5.41, 5.74) is 0.306. The van der Waals surface area contributed by atoms with Crippen LogP contribution in [0, 0.1) is 0 Å². The molecule has 1 N–H and O–H groups in total. The summed E-state index contributed by atoms with van der Waals surface area (Å²) in [6.45, 7) is 0.928. The van der Waals surface area contributed by atoms with Crippen LogP contribution >= 0.6 is 0 Å². The molecular formula is C11H19NO2. The van der Waals surface area contributed by atoms with Gasteiger partial charge in [-0.05, 0) is 25.7 Å². The van der Waals surface area contributed by atoms with E-state index in [1.54, 1.807) is 0 Å². The second-order valence-electron chi connectivity index (χ2n) is 5.09. The van der Waals surface area contributed by atoms with Gasteiger partial charge >= 0.3 is 0 Å². The first-order chi connectivity index (χ1) is 6.80. The van der Waals surface area contributed by atoms with Gasteiger partial charge in [-0.15, -0.1) is 0 Å². The van der Waals surface area contributed by atoms with Crippen molar-refractivity contribution in [1.82, 2.24) is 5.06 Å². The Kier molecular flexibility index (Phi) is 2.08. The van der Waals surface area contributed by atoms with E-state index in [1.807, 2.05) is 0 Å². The standard InChI is InChI=1S/C11H19NO2/c13-9-4-7-12-11(8-10(9)14-12)5-2-1-3-6-11/h9-10,13H,1-8H2. The van der Waals surface area contributed by atoms with Crippen LogP contribution < -0.4 is 0 Å². The highest BCUT2D eigenvalue weighted by Crippen LogP contribution is 2.46. The number of fused-ring (bicyclic) bond motifs is 3. The van der Waals surface area contributed by atoms with Crippen molar-refractivity contribution in [1.29, 1.82) is 0 Å². The first-order valence-electron chi connectivity index (χ1n) is 5.93. The molecule has 1 saturated carbocycles. The zero-order chi connectivity index (χ0) is 9.60. The summed E-state index contributed by atoms with van der Waals surface area (Å²) in [4.78, 5) is 5.79. The van der Waals surface area contributed by atoms with Crippen molar-refractivity contribution in [2.24, 2.45) is 0 Å². The Bertz CT molecular complexity index is 225. The second kappa shape index (κ2) is 3.19. The molecule has 3 fully saturated rings. The molecule has 2 heterocycles. The van der Waals surface area contributed by atoms with Gasteiger partial charge in [0.2, 0.25) is 0 Å². The van der Waals surface area contributed by atoms with Gasteiger partial charge in [-0.25, -0.2) is 0 Å². The first-order valence-corrected chi connectivity index (χ1v) is 5.93. The van der Waals surface area contributed by atoms with Crippen LogP contribution in [-0.2, 0) is 4.84 Å². The lowest BCUT2D eigenvalue weighted by molar-refractivity contribution is -0.237. The third kappa shape index (κ3) is 1.23. The normalized spacial score (nSPS) is 45.6. The highest BCUT2D eigenvalue weighted by molar-refractivity contribution is 5.00. The predicted octanol–water partition coefficient (Wildman–Crippen LogP) is 1.46. The molecule has 14 heavy (non-hydrogen) atoms. The molecule has 3 atom stereocenters. The molecule has 0 amide bonds. The van der Waals surface area contributed by atoms with E-state index in [0.29, 0.717) is 5.54 Å². The zero-order valence-electron chi connectivity index (χ0n) is 8.61. The van der Waals surface area contributed by atoms with Gasteiger partial charge in [0.1, 0.15) is 6.10 Å². The van der Waals surface area contributed by atoms with Crippen molar-refractivity contribution in [2.75, 3.05) is 6.54 Å². The smallest absolute Gasteiger partial charge is 0.107 e. The van der Waals surface area contributed by atoms with Gasteiger partial charge in [0, 0.05) is 12.1 Å². The third-order valence-corrected chi connectivity index (χ3v) is 4.21. The minimum absolute atomic E-state index is 0.0989. The summed E-state index contributed by atoms with van der Waals surface area (Å²) in [6.07, 6.45) is 8.44. The summed E-state index contributed by atoms with van der Waals surface area (Å²) < 4.78 is 0. The van der Waals surface area contributed by atoms with Crippen LogP contribution in [0.5, 0.6) is 0 Å². The summed E-state index contributed by atoms with van der Waals surface area (Å²) >= 11 is 0. The fourth-order valence-corrected chi connectivity index (χ4v) is 3.38. The molecule has 1 aliphatic carbocycles. The van der Waals surface area contributed by atoms with E-state index >= 15 is 0 Å². The van der Waals surface area contributed by atoms with Gasteiger partial charge < -0.3 is 5.11 Å². The molecule has 0 radical (unpaired) electrons. The molecule has 80 valence electrons. The second-order valence-corrected chi connectivity index (χ2v) is 5.09. The summed E-state index contributed by atoms with van der Waals surface area (Å²) in [5, 5.41) is 12.0. The van der Waals surface area contributed by atoms with Gasteiger partial charge in [-0.3, -0.25) is 4.84 Å². The van der Waals surface area contributed by atoms with E-state index in [2.05, 4.69) is 5.06 Å². The minimum atomic E-state index is -0.215. The zero-order valence-corrected chi connectivity index (χ0v) is 8.61. The van der Waals surface area contributed by atoms with Crippen LogP contribution in [0.25, 0.3) is 0 Å². The minimum Gasteiger partial charge on any atom is -0.390 e. The highest BCUT2D eigenvalue weighted by Gasteiger charge is 2.51. The topological polar surface area (TPSA) is 32.7 Å². The van der Waals surface area contributed by atoms with Gasteiger partial charge in [0.15, 0.2) is 0 Å². The Morgan fingerprint density at radius 3 is 2.71 bits per heavy atom. The largest absolute Gasteiger partial charge is 0.390 e. The number of rotatable bonds is 0. The Balaban J connectivity index is 1.81. The Hall–Kier alpha value is -0.120. The third-order valence-electron chi connectivity index (χ3n) is 4.21. The molecule has 2 saturated heterocycles. The van der Waals surface area contributed by atoms with Crippen molar-refractivity contribution < 1.29 is 9.94 Å². The number of hydrogen-bond acceptors (Lipinski definition) is 3. The van der Waals surface area contributed by atoms with Crippen LogP contribution in [0.4, 0.5) is 0 Å². The quantitative estimate of drug-likeness (QED) is 0.638. The molecule has 3 nitrogen and oxygen atoms in total. The van der Waals surface area contributed by atoms with Crippen molar-refractivity contribution in [3.05, 3.63) is 0 Å². The summed E-state index contributed by atoms with van der Waals surface area (Å²) in [7, 11) is 0. The van der Waals surface area contributed by atoms with Crippen molar-refractivity contribution >= 4 is 0 Å². The highest BCUT2D eigenvalue weighted by atomic mass is 16.7. The average molecular weight is 197 g/mol. The fraction of sp³-hybridized carbons (Fsp3) is 1.00. The maximum Gasteiger partial charge on any atom is 0.107 e. The summed E-state index contributed by atoms with van der Waals surface area (Å²) in [5.74, 6) is 0. The van der Waals surface area contributed by atoms with Crippen LogP contribution in [0.15, 0.2) is 0 Å². The Labute approximate surface area is 85.0 Å². The molecule has 3 unspecified atom stereocenters. The van der Waals surface area contributed by atoms with Crippen LogP contribution in [0.3, 0.4) is 0 Å². The van der Waals surface area contributed by atoms with E-state index in [-0.39, 0.29) is 12.2 Å². The lowest BCUT2D eigenvalue weighted by Crippen LogP contribution is -2.46. The molecule has 2 aliphatic heterocycles. The van der Waals surface area contributed by atoms with Crippen molar-refractivity contribution in [2.45, 2.75) is 62.7 Å². The van der Waals surface area contributed by atoms with E-state index < -0.39 is 0 Å². The van der Waals surface area contributed by atoms with Crippen LogP contribution in [-0.4, -0.2) is 34.5 Å². The van der Waals surface area contributed by atoms with E-state index in [9.17, 15) is 5.11 Å². The van der Waals surface area contributed by atoms with Gasteiger partial charge in [-0.2, -0.15) is 5.06 Å². The lowest BCUT2D eigenvalue weighted by Gasteiger charge is -2.39. The first kappa shape index (κ1) is 9.13. The molecular weight excluding hydrogens is 178 g/mol. The van der Waals surface area contributed by atoms with Crippen molar-refractivity contribution in [3.8, 4) is 0 Å². The molecule has 3 rings (SSSR count). The molecule has 0 aromatic rings. The van der Waals surface area contributed by atoms with E-state index in [4.69, 9.17) is 4.84 Å². The molecule has 1 spiro atoms. The van der Waals surface area contributed by atoms with Gasteiger partial charge in [0.25, 0.3) is 0 Å². The maximum absolute atomic E-state index is 9.76. The van der Waals surface area contributed by atoms with Gasteiger partial charge in [-0.1, -0.05) is 19.3 Å². The van der Waals surface area contributed by atoms with Crippen LogP contribution in [0.1, 0.15) is 44.9 Å². The lowest BCUT2D eigenvalue weighted by atomic mass is 9.78. The van der Waals surface area contributed by atoms with E-state index in [1.165, 1.54) is 32.1 Å². The predicted molar refractivity (Wildman–Crippen MR) is 52.6 cm³/mol. The fourth-order valence-electron chi connectivity index (χ4n) is 3.38. The monoisotopic (exact) mass is 197 g/mol. The SMILES string of the molecule is OC1CCN2OC1CC21CCCCC1. The van der Waals surface area contributed by atoms with Gasteiger partial charge in [0.05, 0.1) is 6.10 Å². The van der Waals surface area contributed by atoms with Crippen LogP contribution in [0.2, 0.25) is 0 Å². The van der Waals surface area contributed by atoms with Crippen molar-refractivity contribution in [3.63, 3.8) is 0 Å². The maximum atomic E-state index is 9.76. The average Bonchev–Trinajstić information content (AvgIpc) is 2.49. The molecule has 3 aliphatic rings. The molecule has 3 heteroatoms. The number of aliphatic hydroxyl groups is 1. The molecule has 2 bridgehead atoms. The Morgan fingerprint density at radius 1 is 1.21 bits per heavy atom. The molecule has 0 aromatic carbocycles. The number of hydroxylamine groups is 2. The van der Waals surface area contributed by atoms with E-state index in [0.717, 1.165) is 19.4 Å². The number of nitrogens with zero attached hydrogens (tertiary/aromatic N) is 1. The molecule has 0 aromatic heterocycles. The summed E-state index contributed by atoms with van der Waals surface area (Å²) in [6, 6.07) is 0. The number of aliphatic hydroxyl groups excluding tert-OH is 1.